The van der Waals surface area contributed by atoms with Gasteiger partial charge >= 0.3 is 11.7 Å². The molecular weight excluding hydrogens is 340 g/mol. The summed E-state index contributed by atoms with van der Waals surface area (Å²) in [4.78, 5) is 37.5. The van der Waals surface area contributed by atoms with Crippen LogP contribution < -0.4 is 11.2 Å². The Hall–Kier alpha value is -3.15. The van der Waals surface area contributed by atoms with Gasteiger partial charge in [0.15, 0.2) is 0 Å². The van der Waals surface area contributed by atoms with Gasteiger partial charge in [0.1, 0.15) is 24.5 Å². The molecule has 0 spiro atoms. The Morgan fingerprint density at radius 1 is 1.38 bits per heavy atom. The lowest BCUT2D eigenvalue weighted by atomic mass is 10.2. The number of aromatic amines is 1. The summed E-state index contributed by atoms with van der Waals surface area (Å²) in [5.41, 5.74) is -1.01. The molecule has 3 atom stereocenters. The number of ether oxygens (including phenoxy) is 2. The molecule has 2 heterocycles. The van der Waals surface area contributed by atoms with Crippen LogP contribution in [-0.2, 0) is 9.47 Å². The molecule has 1 aromatic heterocycles. The van der Waals surface area contributed by atoms with E-state index in [9.17, 15) is 19.5 Å². The van der Waals surface area contributed by atoms with Crippen molar-refractivity contribution in [2.45, 2.75) is 24.9 Å². The Morgan fingerprint density at radius 2 is 2.12 bits per heavy atom. The normalized spacial score (nSPS) is 21.9. The minimum atomic E-state index is -0.948. The highest BCUT2D eigenvalue weighted by Crippen LogP contribution is 2.28. The third-order valence-electron chi connectivity index (χ3n) is 4.03. The molecule has 1 aliphatic rings. The lowest BCUT2D eigenvalue weighted by Gasteiger charge is -2.16. The van der Waals surface area contributed by atoms with Crippen molar-refractivity contribution in [3.63, 3.8) is 0 Å². The van der Waals surface area contributed by atoms with E-state index in [1.165, 1.54) is 6.20 Å². The molecule has 2 aromatic rings. The van der Waals surface area contributed by atoms with Gasteiger partial charge < -0.3 is 14.6 Å². The number of nitrogens with one attached hydrogen (secondary N) is 1. The monoisotopic (exact) mass is 356 g/mol. The van der Waals surface area contributed by atoms with Gasteiger partial charge in [-0.3, -0.25) is 14.3 Å². The van der Waals surface area contributed by atoms with E-state index >= 15 is 0 Å². The van der Waals surface area contributed by atoms with Crippen LogP contribution in [0.4, 0.5) is 0 Å². The van der Waals surface area contributed by atoms with Crippen LogP contribution in [0, 0.1) is 12.3 Å². The fourth-order valence-electron chi connectivity index (χ4n) is 2.65. The first-order valence-electron chi connectivity index (χ1n) is 7.87. The van der Waals surface area contributed by atoms with Crippen molar-refractivity contribution in [1.82, 2.24) is 9.55 Å². The highest BCUT2D eigenvalue weighted by Gasteiger charge is 2.36. The van der Waals surface area contributed by atoms with Crippen LogP contribution in [0.1, 0.15) is 28.6 Å². The van der Waals surface area contributed by atoms with Crippen LogP contribution >= 0.6 is 0 Å². The first kappa shape index (κ1) is 17.7. The second kappa shape index (κ2) is 7.39. The molecule has 8 nitrogen and oxygen atoms in total. The van der Waals surface area contributed by atoms with Gasteiger partial charge in [0, 0.05) is 12.6 Å². The van der Waals surface area contributed by atoms with Gasteiger partial charge in [-0.25, -0.2) is 9.59 Å². The van der Waals surface area contributed by atoms with E-state index in [2.05, 4.69) is 10.9 Å². The average molecular weight is 356 g/mol. The van der Waals surface area contributed by atoms with Crippen molar-refractivity contribution >= 4 is 5.97 Å². The predicted molar refractivity (Wildman–Crippen MR) is 90.5 cm³/mol. The van der Waals surface area contributed by atoms with Gasteiger partial charge in [-0.2, -0.15) is 0 Å². The standard InChI is InChI=1S/C18H16N2O6/c1-2-11-9-20(18(24)19-16(11)22)15-8-13(21)14(26-15)10-25-17(23)12-6-4-3-5-7-12/h1,3-7,9,13-15,21H,8,10H2,(H,19,22,24)/t13-,14+,15+/m0/s1. The molecule has 1 aliphatic heterocycles. The van der Waals surface area contributed by atoms with Crippen molar-refractivity contribution in [1.29, 1.82) is 0 Å². The van der Waals surface area contributed by atoms with Crippen molar-refractivity contribution in [2.24, 2.45) is 0 Å². The zero-order valence-corrected chi connectivity index (χ0v) is 13.6. The average Bonchev–Trinajstić information content (AvgIpc) is 3.01. The highest BCUT2D eigenvalue weighted by atomic mass is 16.6. The quantitative estimate of drug-likeness (QED) is 0.590. The number of benzene rings is 1. The van der Waals surface area contributed by atoms with Crippen LogP contribution in [-0.4, -0.2) is 39.4 Å². The third kappa shape index (κ3) is 3.59. The van der Waals surface area contributed by atoms with E-state index in [1.54, 1.807) is 30.3 Å². The minimum absolute atomic E-state index is 0.0263. The number of rotatable bonds is 4. The molecule has 1 saturated heterocycles. The van der Waals surface area contributed by atoms with Crippen LogP contribution in [0.5, 0.6) is 0 Å². The van der Waals surface area contributed by atoms with Crippen LogP contribution in [0.2, 0.25) is 0 Å². The van der Waals surface area contributed by atoms with E-state index in [-0.39, 0.29) is 18.6 Å². The number of H-pyrrole nitrogens is 1. The Bertz CT molecular complexity index is 956. The number of aliphatic hydroxyl groups is 1. The zero-order chi connectivity index (χ0) is 18.7. The second-order valence-corrected chi connectivity index (χ2v) is 5.75. The maximum atomic E-state index is 12.0. The van der Waals surface area contributed by atoms with E-state index in [0.29, 0.717) is 5.56 Å². The first-order chi connectivity index (χ1) is 12.5. The Labute approximate surface area is 148 Å². The van der Waals surface area contributed by atoms with E-state index in [0.717, 1.165) is 4.57 Å². The van der Waals surface area contributed by atoms with Crippen LogP contribution in [0.3, 0.4) is 0 Å². The summed E-state index contributed by atoms with van der Waals surface area (Å²) < 4.78 is 11.9. The Kier molecular flexibility index (Phi) is 5.02. The van der Waals surface area contributed by atoms with Gasteiger partial charge in [0.05, 0.1) is 11.7 Å². The van der Waals surface area contributed by atoms with Crippen molar-refractivity contribution in [3.05, 3.63) is 68.5 Å². The summed E-state index contributed by atoms with van der Waals surface area (Å²) in [5.74, 6) is 1.64. The maximum Gasteiger partial charge on any atom is 0.338 e. The number of hydrogen-bond acceptors (Lipinski definition) is 6. The SMILES string of the molecule is C#Cc1cn([C@H]2C[C@H](O)[C@@H](COC(=O)c3ccccc3)O2)c(=O)[nH]c1=O. The second-order valence-electron chi connectivity index (χ2n) is 5.75. The van der Waals surface area contributed by atoms with Gasteiger partial charge in [0.25, 0.3) is 5.56 Å². The van der Waals surface area contributed by atoms with Crippen LogP contribution in [0.15, 0.2) is 46.1 Å². The smallest absolute Gasteiger partial charge is 0.338 e. The number of esters is 1. The number of aliphatic hydroxyl groups excluding tert-OH is 1. The van der Waals surface area contributed by atoms with Crippen molar-refractivity contribution in [3.8, 4) is 12.3 Å². The number of hydrogen-bond donors (Lipinski definition) is 2. The van der Waals surface area contributed by atoms with Gasteiger partial charge in [0.2, 0.25) is 0 Å². The maximum absolute atomic E-state index is 12.0. The molecule has 2 N–H and O–H groups in total. The third-order valence-corrected chi connectivity index (χ3v) is 4.03. The fraction of sp³-hybridized carbons (Fsp3) is 0.278. The molecule has 0 amide bonds. The molecule has 134 valence electrons. The molecule has 26 heavy (non-hydrogen) atoms. The number of carbonyl (C=O) groups excluding carboxylic acids is 1. The van der Waals surface area contributed by atoms with E-state index < -0.39 is 35.7 Å². The molecule has 0 radical (unpaired) electrons. The zero-order valence-electron chi connectivity index (χ0n) is 13.6. The summed E-state index contributed by atoms with van der Waals surface area (Å²) in [6, 6.07) is 8.41. The first-order valence-corrected chi connectivity index (χ1v) is 7.87. The Morgan fingerprint density at radius 3 is 2.81 bits per heavy atom. The fourth-order valence-corrected chi connectivity index (χ4v) is 2.65. The molecule has 1 fully saturated rings. The lowest BCUT2D eigenvalue weighted by molar-refractivity contribution is -0.0532. The number of nitrogens with zero attached hydrogens (tertiary/aromatic N) is 1. The van der Waals surface area contributed by atoms with Gasteiger partial charge in [-0.1, -0.05) is 24.1 Å². The summed E-state index contributed by atoms with van der Waals surface area (Å²) in [6.07, 6.45) is 3.93. The number of aromatic nitrogens is 2. The largest absolute Gasteiger partial charge is 0.459 e. The number of carbonyl (C=O) groups is 1. The summed E-state index contributed by atoms with van der Waals surface area (Å²) in [5, 5.41) is 10.1. The molecule has 3 rings (SSSR count). The van der Waals surface area contributed by atoms with Crippen molar-refractivity contribution < 1.29 is 19.4 Å². The molecule has 8 heteroatoms. The summed E-state index contributed by atoms with van der Waals surface area (Å²) in [6.45, 7) is -0.175. The van der Waals surface area contributed by atoms with Gasteiger partial charge in [-0.05, 0) is 12.1 Å². The molecule has 1 aromatic carbocycles. The lowest BCUT2D eigenvalue weighted by Crippen LogP contribution is -2.33. The topological polar surface area (TPSA) is 111 Å². The number of terminal acetylenes is 1. The van der Waals surface area contributed by atoms with E-state index in [1.807, 2.05) is 0 Å². The molecular formula is C18H16N2O6. The van der Waals surface area contributed by atoms with Gasteiger partial charge in [-0.15, -0.1) is 6.42 Å². The molecule has 0 unspecified atom stereocenters. The Balaban J connectivity index is 1.69. The molecule has 0 bridgehead atoms. The molecule has 0 aliphatic carbocycles. The summed E-state index contributed by atoms with van der Waals surface area (Å²) in [7, 11) is 0. The minimum Gasteiger partial charge on any atom is -0.459 e. The van der Waals surface area contributed by atoms with E-state index in [4.69, 9.17) is 15.9 Å². The van der Waals surface area contributed by atoms with Crippen LogP contribution in [0.25, 0.3) is 0 Å². The predicted octanol–water partition coefficient (Wildman–Crippen LogP) is 0.0233. The van der Waals surface area contributed by atoms with Crippen molar-refractivity contribution in [2.75, 3.05) is 6.61 Å². The summed E-state index contributed by atoms with van der Waals surface area (Å²) >= 11 is 0. The highest BCUT2D eigenvalue weighted by molar-refractivity contribution is 5.89. The molecule has 0 saturated carbocycles.